The molecule has 1 aliphatic heterocycles. The van der Waals surface area contributed by atoms with Crippen molar-refractivity contribution in [3.63, 3.8) is 0 Å². The summed E-state index contributed by atoms with van der Waals surface area (Å²) in [4.78, 5) is 21.1. The van der Waals surface area contributed by atoms with Gasteiger partial charge >= 0.3 is 0 Å². The molecule has 6 rings (SSSR count). The van der Waals surface area contributed by atoms with Gasteiger partial charge in [-0.2, -0.15) is 0 Å². The van der Waals surface area contributed by atoms with Crippen molar-refractivity contribution >= 4 is 16.6 Å². The first kappa shape index (κ1) is 24.7. The number of tetrazole rings is 1. The Labute approximate surface area is 224 Å². The maximum Gasteiger partial charge on any atom is 0.253 e. The minimum atomic E-state index is -0.488. The smallest absolute Gasteiger partial charge is 0.253 e. The minimum Gasteiger partial charge on any atom is -0.497 e. The molecular formula is C29H28FN7O2. The average Bonchev–Trinajstić information content (AvgIpc) is 3.42. The maximum atomic E-state index is 13.5. The summed E-state index contributed by atoms with van der Waals surface area (Å²) in [6.07, 6.45) is 0. The number of piperazine rings is 1. The molecule has 0 radical (unpaired) electrons. The number of halogens is 1. The number of ether oxygens (including phenoxy) is 1. The number of aromatic amines is 1. The summed E-state index contributed by atoms with van der Waals surface area (Å²) in [6.45, 7) is 3.35. The Bertz CT molecular complexity index is 1630. The Balaban J connectivity index is 1.39. The summed E-state index contributed by atoms with van der Waals surface area (Å²) >= 11 is 0. The number of methoxy groups -OCH3 is 1. The highest BCUT2D eigenvalue weighted by Gasteiger charge is 2.33. The lowest BCUT2D eigenvalue weighted by Crippen LogP contribution is -2.49. The van der Waals surface area contributed by atoms with Crippen LogP contribution in [0.4, 0.5) is 10.1 Å². The molecule has 9 nitrogen and oxygen atoms in total. The Morgan fingerprint density at radius 1 is 0.974 bits per heavy atom. The van der Waals surface area contributed by atoms with E-state index >= 15 is 0 Å². The second kappa shape index (κ2) is 10.7. The van der Waals surface area contributed by atoms with E-state index in [1.807, 2.05) is 42.5 Å². The Morgan fingerprint density at radius 3 is 2.49 bits per heavy atom. The number of para-hydroxylation sites is 1. The molecule has 0 saturated carbocycles. The van der Waals surface area contributed by atoms with Gasteiger partial charge < -0.3 is 14.6 Å². The first-order valence-electron chi connectivity index (χ1n) is 12.8. The molecule has 5 aromatic rings. The fourth-order valence-electron chi connectivity index (χ4n) is 5.19. The number of rotatable bonds is 7. The van der Waals surface area contributed by atoms with Gasteiger partial charge in [0, 0.05) is 48.3 Å². The molecule has 1 atom stereocenters. The third kappa shape index (κ3) is 5.10. The molecule has 0 bridgehead atoms. The fraction of sp³-hybridized carbons (Fsp3) is 0.241. The Morgan fingerprint density at radius 2 is 1.74 bits per heavy atom. The molecule has 0 unspecified atom stereocenters. The van der Waals surface area contributed by atoms with Crippen LogP contribution in [0.1, 0.15) is 23.0 Å². The van der Waals surface area contributed by atoms with E-state index in [1.54, 1.807) is 23.9 Å². The number of H-pyrrole nitrogens is 1. The quantitative estimate of drug-likeness (QED) is 0.347. The molecule has 2 aromatic heterocycles. The third-order valence-corrected chi connectivity index (χ3v) is 7.23. The zero-order valence-corrected chi connectivity index (χ0v) is 21.5. The molecule has 1 aliphatic rings. The van der Waals surface area contributed by atoms with Gasteiger partial charge in [0.15, 0.2) is 5.82 Å². The summed E-state index contributed by atoms with van der Waals surface area (Å²) in [5.74, 6) is 0.956. The van der Waals surface area contributed by atoms with Crippen LogP contribution < -0.4 is 15.2 Å². The highest BCUT2D eigenvalue weighted by Crippen LogP contribution is 2.30. The van der Waals surface area contributed by atoms with Crippen molar-refractivity contribution in [2.24, 2.45) is 0 Å². The van der Waals surface area contributed by atoms with Gasteiger partial charge in [-0.3, -0.25) is 9.69 Å². The first-order valence-corrected chi connectivity index (χ1v) is 12.8. The number of nitrogens with zero attached hydrogens (tertiary/aromatic N) is 6. The van der Waals surface area contributed by atoms with Crippen LogP contribution in [0.2, 0.25) is 0 Å². The van der Waals surface area contributed by atoms with Gasteiger partial charge in [-0.1, -0.05) is 30.3 Å². The van der Waals surface area contributed by atoms with E-state index in [0.717, 1.165) is 29.6 Å². The highest BCUT2D eigenvalue weighted by atomic mass is 19.1. The van der Waals surface area contributed by atoms with E-state index < -0.39 is 6.04 Å². The number of aromatic nitrogens is 5. The number of benzene rings is 3. The van der Waals surface area contributed by atoms with Gasteiger partial charge in [0.2, 0.25) is 0 Å². The van der Waals surface area contributed by atoms with E-state index in [0.29, 0.717) is 36.8 Å². The minimum absolute atomic E-state index is 0.195. The predicted octanol–water partition coefficient (Wildman–Crippen LogP) is 3.62. The zero-order chi connectivity index (χ0) is 26.8. The van der Waals surface area contributed by atoms with Crippen LogP contribution in [0.3, 0.4) is 0 Å². The maximum absolute atomic E-state index is 13.5. The number of hydrogen-bond donors (Lipinski definition) is 1. The SMILES string of the molecule is COc1ccc2[nH]c(=O)c([C@@H](c3nnnn3Cc3ccc(F)cc3)N3CCN(c4ccccc4)CC3)cc2c1. The summed E-state index contributed by atoms with van der Waals surface area (Å²) < 4.78 is 20.6. The molecule has 39 heavy (non-hydrogen) atoms. The van der Waals surface area contributed by atoms with Crippen LogP contribution >= 0.6 is 0 Å². The van der Waals surface area contributed by atoms with E-state index in [2.05, 4.69) is 42.4 Å². The number of pyridine rings is 1. The van der Waals surface area contributed by atoms with Gasteiger partial charge in [-0.15, -0.1) is 5.10 Å². The monoisotopic (exact) mass is 525 g/mol. The van der Waals surface area contributed by atoms with Crippen molar-refractivity contribution in [3.05, 3.63) is 112 Å². The van der Waals surface area contributed by atoms with Crippen molar-refractivity contribution in [2.75, 3.05) is 38.2 Å². The van der Waals surface area contributed by atoms with Gasteiger partial charge in [-0.05, 0) is 64.5 Å². The van der Waals surface area contributed by atoms with Crippen LogP contribution in [0.15, 0.2) is 83.7 Å². The van der Waals surface area contributed by atoms with Crippen molar-refractivity contribution in [1.29, 1.82) is 0 Å². The molecule has 0 spiro atoms. The van der Waals surface area contributed by atoms with Crippen LogP contribution in [-0.2, 0) is 6.54 Å². The second-order valence-corrected chi connectivity index (χ2v) is 9.59. The Kier molecular flexibility index (Phi) is 6.76. The van der Waals surface area contributed by atoms with Gasteiger partial charge in [0.25, 0.3) is 5.56 Å². The lowest BCUT2D eigenvalue weighted by Gasteiger charge is -2.39. The van der Waals surface area contributed by atoms with Gasteiger partial charge in [0.1, 0.15) is 17.6 Å². The molecule has 198 valence electrons. The molecule has 1 N–H and O–H groups in total. The predicted molar refractivity (Wildman–Crippen MR) is 147 cm³/mol. The van der Waals surface area contributed by atoms with Crippen molar-refractivity contribution in [1.82, 2.24) is 30.1 Å². The Hall–Kier alpha value is -4.57. The average molecular weight is 526 g/mol. The number of fused-ring (bicyclic) bond motifs is 1. The van der Waals surface area contributed by atoms with E-state index in [4.69, 9.17) is 4.74 Å². The van der Waals surface area contributed by atoms with Crippen molar-refractivity contribution < 1.29 is 9.13 Å². The topological polar surface area (TPSA) is 92.2 Å². The first-order chi connectivity index (χ1) is 19.1. The number of anilines is 1. The van der Waals surface area contributed by atoms with Crippen LogP contribution in [0, 0.1) is 5.82 Å². The number of nitrogens with one attached hydrogen (secondary N) is 1. The molecule has 1 saturated heterocycles. The normalized spacial score (nSPS) is 15.0. The van der Waals surface area contributed by atoms with Gasteiger partial charge in [-0.25, -0.2) is 9.07 Å². The van der Waals surface area contributed by atoms with Crippen molar-refractivity contribution in [2.45, 2.75) is 12.6 Å². The van der Waals surface area contributed by atoms with Crippen LogP contribution in [0.25, 0.3) is 10.9 Å². The molecule has 3 aromatic carbocycles. The summed E-state index contributed by atoms with van der Waals surface area (Å²) in [7, 11) is 1.62. The lowest BCUT2D eigenvalue weighted by atomic mass is 10.0. The molecule has 10 heteroatoms. The molecule has 1 fully saturated rings. The molecule has 0 aliphatic carbocycles. The van der Waals surface area contributed by atoms with Crippen LogP contribution in [0.5, 0.6) is 5.75 Å². The second-order valence-electron chi connectivity index (χ2n) is 9.59. The summed E-state index contributed by atoms with van der Waals surface area (Å²) in [5.41, 5.74) is 3.11. The highest BCUT2D eigenvalue weighted by molar-refractivity contribution is 5.80. The van der Waals surface area contributed by atoms with E-state index in [9.17, 15) is 9.18 Å². The summed E-state index contributed by atoms with van der Waals surface area (Å²) in [5, 5.41) is 13.5. The lowest BCUT2D eigenvalue weighted by molar-refractivity contribution is 0.200. The third-order valence-electron chi connectivity index (χ3n) is 7.23. The molecule has 3 heterocycles. The van der Waals surface area contributed by atoms with E-state index in [1.165, 1.54) is 17.8 Å². The van der Waals surface area contributed by atoms with Crippen molar-refractivity contribution in [3.8, 4) is 5.75 Å². The molecular weight excluding hydrogens is 497 g/mol. The fourth-order valence-corrected chi connectivity index (χ4v) is 5.19. The van der Waals surface area contributed by atoms with E-state index in [-0.39, 0.29) is 11.4 Å². The molecule has 0 amide bonds. The number of hydrogen-bond acceptors (Lipinski definition) is 7. The largest absolute Gasteiger partial charge is 0.497 e. The van der Waals surface area contributed by atoms with Gasteiger partial charge in [0.05, 0.1) is 13.7 Å². The summed E-state index contributed by atoms with van der Waals surface area (Å²) in [6, 6.07) is 23.5. The van der Waals surface area contributed by atoms with Crippen LogP contribution in [-0.4, -0.2) is 63.4 Å². The zero-order valence-electron chi connectivity index (χ0n) is 21.5. The standard InChI is InChI=1S/C29H28FN7O2/c1-39-24-11-12-26-21(17-24)18-25(29(38)31-26)27(36-15-13-35(14-16-36)23-5-3-2-4-6-23)28-32-33-34-37(28)19-20-7-9-22(30)10-8-20/h2-12,17-18,27H,13-16,19H2,1H3,(H,31,38)/t27-/m0/s1.